The van der Waals surface area contributed by atoms with Crippen LogP contribution in [-0.4, -0.2) is 44.9 Å². The highest BCUT2D eigenvalue weighted by Gasteiger charge is 2.30. The van der Waals surface area contributed by atoms with E-state index in [2.05, 4.69) is 5.10 Å². The van der Waals surface area contributed by atoms with Crippen molar-refractivity contribution in [3.63, 3.8) is 0 Å². The summed E-state index contributed by atoms with van der Waals surface area (Å²) in [6.45, 7) is 4.38. The van der Waals surface area contributed by atoms with E-state index in [-0.39, 0.29) is 5.91 Å². The summed E-state index contributed by atoms with van der Waals surface area (Å²) in [7, 11) is 0. The number of benzene rings is 1. The predicted octanol–water partition coefficient (Wildman–Crippen LogP) is 3.51. The highest BCUT2D eigenvalue weighted by Crippen LogP contribution is 2.32. The van der Waals surface area contributed by atoms with E-state index in [1.165, 1.54) is 0 Å². The molecule has 0 spiro atoms. The third kappa shape index (κ3) is 3.54. The van der Waals surface area contributed by atoms with Gasteiger partial charge in [-0.3, -0.25) is 4.79 Å². The molecule has 1 amide bonds. The number of carbonyl (C=O) groups is 1. The molecule has 1 aromatic carbocycles. The SMILES string of the molecule is CCN(C[C@@H](C)O)C(=O)c1nn(-c2ccc(Cl)cc2Cl)c2c1CCC2. The number of rotatable bonds is 5. The second-order valence-corrected chi connectivity index (χ2v) is 7.17. The number of likely N-dealkylation sites (N-methyl/N-ethyl adjacent to an activating group) is 1. The van der Waals surface area contributed by atoms with Gasteiger partial charge in [0, 0.05) is 29.4 Å². The number of halogens is 2. The van der Waals surface area contributed by atoms with Gasteiger partial charge in [-0.15, -0.1) is 0 Å². The molecule has 1 aliphatic rings. The van der Waals surface area contributed by atoms with Gasteiger partial charge >= 0.3 is 0 Å². The molecule has 0 bridgehead atoms. The Kier molecular flexibility index (Phi) is 5.37. The Labute approximate surface area is 157 Å². The minimum atomic E-state index is -0.579. The average Bonchev–Trinajstić information content (AvgIpc) is 3.14. The normalized spacial score (nSPS) is 14.4. The number of hydrogen-bond acceptors (Lipinski definition) is 3. The molecule has 1 heterocycles. The van der Waals surface area contributed by atoms with E-state index in [0.29, 0.717) is 28.8 Å². The molecule has 0 unspecified atom stereocenters. The maximum absolute atomic E-state index is 12.9. The Hall–Kier alpha value is -1.56. The van der Waals surface area contributed by atoms with Gasteiger partial charge < -0.3 is 10.0 Å². The molecule has 0 aliphatic heterocycles. The molecule has 0 radical (unpaired) electrons. The Bertz CT molecular complexity index is 802. The zero-order valence-electron chi connectivity index (χ0n) is 14.3. The first kappa shape index (κ1) is 18.2. The number of aromatic nitrogens is 2. The largest absolute Gasteiger partial charge is 0.392 e. The van der Waals surface area contributed by atoms with Crippen molar-refractivity contribution in [3.05, 3.63) is 45.2 Å². The van der Waals surface area contributed by atoms with Crippen LogP contribution in [0.25, 0.3) is 5.69 Å². The van der Waals surface area contributed by atoms with Crippen molar-refractivity contribution in [2.75, 3.05) is 13.1 Å². The number of carbonyl (C=O) groups excluding carboxylic acids is 1. The summed E-state index contributed by atoms with van der Waals surface area (Å²) in [6, 6.07) is 5.26. The Morgan fingerprint density at radius 3 is 2.80 bits per heavy atom. The molecule has 5 nitrogen and oxygen atoms in total. The van der Waals surface area contributed by atoms with Gasteiger partial charge in [0.2, 0.25) is 0 Å². The zero-order chi connectivity index (χ0) is 18.1. The van der Waals surface area contributed by atoms with Crippen molar-refractivity contribution in [2.24, 2.45) is 0 Å². The van der Waals surface area contributed by atoms with Crippen LogP contribution in [0.15, 0.2) is 18.2 Å². The Balaban J connectivity index is 2.04. The van der Waals surface area contributed by atoms with Crippen molar-refractivity contribution in [1.82, 2.24) is 14.7 Å². The number of aliphatic hydroxyl groups is 1. The van der Waals surface area contributed by atoms with Crippen LogP contribution in [0.4, 0.5) is 0 Å². The molecule has 134 valence electrons. The first-order valence-corrected chi connectivity index (χ1v) is 9.21. The van der Waals surface area contributed by atoms with Crippen molar-refractivity contribution in [2.45, 2.75) is 39.2 Å². The van der Waals surface area contributed by atoms with E-state index < -0.39 is 6.10 Å². The van der Waals surface area contributed by atoms with E-state index in [1.54, 1.807) is 28.6 Å². The molecular formula is C18H21Cl2N3O2. The highest BCUT2D eigenvalue weighted by molar-refractivity contribution is 6.35. The standard InChI is InChI=1S/C18H21Cl2N3O2/c1-3-22(10-11(2)24)18(25)17-13-5-4-6-15(13)23(21-17)16-8-7-12(19)9-14(16)20/h7-9,11,24H,3-6,10H2,1-2H3/t11-/m1/s1. The van der Waals surface area contributed by atoms with Crippen molar-refractivity contribution >= 4 is 29.1 Å². The van der Waals surface area contributed by atoms with Crippen LogP contribution in [0.1, 0.15) is 42.0 Å². The lowest BCUT2D eigenvalue weighted by atomic mass is 10.1. The molecule has 1 aromatic heterocycles. The number of hydrogen-bond donors (Lipinski definition) is 1. The fourth-order valence-electron chi connectivity index (χ4n) is 3.29. The summed E-state index contributed by atoms with van der Waals surface area (Å²) in [4.78, 5) is 14.6. The molecule has 1 aliphatic carbocycles. The summed E-state index contributed by atoms with van der Waals surface area (Å²) < 4.78 is 1.77. The molecule has 0 saturated heterocycles. The lowest BCUT2D eigenvalue weighted by Gasteiger charge is -2.21. The fourth-order valence-corrected chi connectivity index (χ4v) is 3.77. The lowest BCUT2D eigenvalue weighted by Crippen LogP contribution is -2.37. The molecule has 7 heteroatoms. The van der Waals surface area contributed by atoms with Gasteiger partial charge in [0.15, 0.2) is 5.69 Å². The molecule has 3 rings (SSSR count). The van der Waals surface area contributed by atoms with Crippen LogP contribution >= 0.6 is 23.2 Å². The summed E-state index contributed by atoms with van der Waals surface area (Å²) in [5, 5.41) is 15.3. The van der Waals surface area contributed by atoms with Crippen LogP contribution in [0.2, 0.25) is 10.0 Å². The molecular weight excluding hydrogens is 361 g/mol. The Morgan fingerprint density at radius 2 is 2.16 bits per heavy atom. The second-order valence-electron chi connectivity index (χ2n) is 6.33. The van der Waals surface area contributed by atoms with E-state index >= 15 is 0 Å². The minimum absolute atomic E-state index is 0.148. The smallest absolute Gasteiger partial charge is 0.274 e. The number of amides is 1. The van der Waals surface area contributed by atoms with E-state index in [9.17, 15) is 9.90 Å². The van der Waals surface area contributed by atoms with Crippen LogP contribution in [0, 0.1) is 0 Å². The lowest BCUT2D eigenvalue weighted by molar-refractivity contribution is 0.0653. The highest BCUT2D eigenvalue weighted by atomic mass is 35.5. The molecule has 0 fully saturated rings. The monoisotopic (exact) mass is 381 g/mol. The number of fused-ring (bicyclic) bond motifs is 1. The predicted molar refractivity (Wildman–Crippen MR) is 98.9 cm³/mol. The molecule has 1 N–H and O–H groups in total. The first-order chi connectivity index (χ1) is 11.9. The van der Waals surface area contributed by atoms with Crippen LogP contribution < -0.4 is 0 Å². The van der Waals surface area contributed by atoms with Gasteiger partial charge in [-0.1, -0.05) is 23.2 Å². The third-order valence-electron chi connectivity index (χ3n) is 4.42. The zero-order valence-corrected chi connectivity index (χ0v) is 15.8. The van der Waals surface area contributed by atoms with Crippen molar-refractivity contribution in [3.8, 4) is 5.69 Å². The maximum Gasteiger partial charge on any atom is 0.274 e. The third-order valence-corrected chi connectivity index (χ3v) is 4.96. The van der Waals surface area contributed by atoms with Crippen LogP contribution in [-0.2, 0) is 12.8 Å². The van der Waals surface area contributed by atoms with Gasteiger partial charge in [0.05, 0.1) is 16.8 Å². The average molecular weight is 382 g/mol. The summed E-state index contributed by atoms with van der Waals surface area (Å²) >= 11 is 12.3. The van der Waals surface area contributed by atoms with Crippen LogP contribution in [0.3, 0.4) is 0 Å². The van der Waals surface area contributed by atoms with Gasteiger partial charge in [0.1, 0.15) is 0 Å². The summed E-state index contributed by atoms with van der Waals surface area (Å²) in [5.74, 6) is -0.148. The van der Waals surface area contributed by atoms with Gasteiger partial charge in [-0.05, 0) is 51.3 Å². The topological polar surface area (TPSA) is 58.4 Å². The maximum atomic E-state index is 12.9. The minimum Gasteiger partial charge on any atom is -0.392 e. The van der Waals surface area contributed by atoms with E-state index in [1.807, 2.05) is 13.0 Å². The van der Waals surface area contributed by atoms with Gasteiger partial charge in [-0.25, -0.2) is 4.68 Å². The van der Waals surface area contributed by atoms with Crippen molar-refractivity contribution < 1.29 is 9.90 Å². The van der Waals surface area contributed by atoms with E-state index in [4.69, 9.17) is 23.2 Å². The second kappa shape index (κ2) is 7.36. The van der Waals surface area contributed by atoms with E-state index in [0.717, 1.165) is 36.2 Å². The van der Waals surface area contributed by atoms with Crippen molar-refractivity contribution in [1.29, 1.82) is 0 Å². The molecule has 25 heavy (non-hydrogen) atoms. The first-order valence-electron chi connectivity index (χ1n) is 8.46. The quantitative estimate of drug-likeness (QED) is 0.861. The molecule has 0 saturated carbocycles. The summed E-state index contributed by atoms with van der Waals surface area (Å²) in [6.07, 6.45) is 2.09. The van der Waals surface area contributed by atoms with Crippen LogP contribution in [0.5, 0.6) is 0 Å². The molecule has 1 atom stereocenters. The molecule has 2 aromatic rings. The summed E-state index contributed by atoms with van der Waals surface area (Å²) in [5.41, 5.74) is 3.20. The Morgan fingerprint density at radius 1 is 1.40 bits per heavy atom. The van der Waals surface area contributed by atoms with Gasteiger partial charge in [-0.2, -0.15) is 5.10 Å². The van der Waals surface area contributed by atoms with Gasteiger partial charge in [0.25, 0.3) is 5.91 Å². The number of nitrogens with zero attached hydrogens (tertiary/aromatic N) is 3. The fraction of sp³-hybridized carbons (Fsp3) is 0.444. The number of aliphatic hydroxyl groups excluding tert-OH is 1.